The summed E-state index contributed by atoms with van der Waals surface area (Å²) in [5.74, 6) is -1.02. The summed E-state index contributed by atoms with van der Waals surface area (Å²) >= 11 is 0. The fourth-order valence-electron chi connectivity index (χ4n) is 1.77. The first-order valence-electron chi connectivity index (χ1n) is 5.63. The van der Waals surface area contributed by atoms with Gasteiger partial charge in [0.15, 0.2) is 11.6 Å². The van der Waals surface area contributed by atoms with Crippen LogP contribution in [0, 0.1) is 17.6 Å². The van der Waals surface area contributed by atoms with Crippen molar-refractivity contribution in [2.45, 2.75) is 32.1 Å². The molecule has 1 aromatic rings. The molecule has 0 aromatic heterocycles. The van der Waals surface area contributed by atoms with Gasteiger partial charge in [0.1, 0.15) is 5.78 Å². The summed E-state index contributed by atoms with van der Waals surface area (Å²) in [6.07, 6.45) is 3.98. The number of benzene rings is 1. The summed E-state index contributed by atoms with van der Waals surface area (Å²) in [5, 5.41) is 0. The molecule has 0 bridgehead atoms. The van der Waals surface area contributed by atoms with E-state index in [0.29, 0.717) is 24.5 Å². The van der Waals surface area contributed by atoms with Gasteiger partial charge >= 0.3 is 0 Å². The average molecular weight is 224 g/mol. The van der Waals surface area contributed by atoms with E-state index in [9.17, 15) is 13.6 Å². The molecule has 16 heavy (non-hydrogen) atoms. The Kier molecular flexibility index (Phi) is 3.32. The Labute approximate surface area is 93.5 Å². The minimum Gasteiger partial charge on any atom is -0.299 e. The third kappa shape index (κ3) is 2.87. The van der Waals surface area contributed by atoms with Crippen molar-refractivity contribution in [1.29, 1.82) is 0 Å². The second-order valence-electron chi connectivity index (χ2n) is 4.34. The predicted octanol–water partition coefficient (Wildman–Crippen LogP) is 3.27. The van der Waals surface area contributed by atoms with E-state index in [1.165, 1.54) is 6.07 Å². The Balaban J connectivity index is 1.80. The maximum atomic E-state index is 12.9. The Bertz CT molecular complexity index is 397. The average Bonchev–Trinajstić information content (AvgIpc) is 3.07. The molecule has 0 aliphatic heterocycles. The van der Waals surface area contributed by atoms with Gasteiger partial charge in [0, 0.05) is 12.3 Å². The van der Waals surface area contributed by atoms with Crippen LogP contribution in [0.4, 0.5) is 8.78 Å². The van der Waals surface area contributed by atoms with Crippen molar-refractivity contribution in [3.8, 4) is 0 Å². The quantitative estimate of drug-likeness (QED) is 0.750. The van der Waals surface area contributed by atoms with E-state index in [0.717, 1.165) is 30.9 Å². The van der Waals surface area contributed by atoms with Gasteiger partial charge in [-0.1, -0.05) is 6.07 Å². The van der Waals surface area contributed by atoms with Crippen LogP contribution in [0.25, 0.3) is 0 Å². The van der Waals surface area contributed by atoms with Crippen molar-refractivity contribution >= 4 is 5.78 Å². The lowest BCUT2D eigenvalue weighted by Gasteiger charge is -2.01. The minimum atomic E-state index is -0.821. The molecule has 0 N–H and O–H groups in total. The zero-order valence-electron chi connectivity index (χ0n) is 9.01. The smallest absolute Gasteiger partial charge is 0.159 e. The highest BCUT2D eigenvalue weighted by Crippen LogP contribution is 2.31. The Morgan fingerprint density at radius 3 is 2.62 bits per heavy atom. The van der Waals surface area contributed by atoms with Crippen LogP contribution in [0.5, 0.6) is 0 Å². The molecule has 3 heteroatoms. The third-order valence-corrected chi connectivity index (χ3v) is 2.91. The van der Waals surface area contributed by atoms with Gasteiger partial charge in [-0.05, 0) is 43.4 Å². The second-order valence-corrected chi connectivity index (χ2v) is 4.34. The van der Waals surface area contributed by atoms with E-state index in [-0.39, 0.29) is 0 Å². The first kappa shape index (κ1) is 11.2. The van der Waals surface area contributed by atoms with E-state index in [2.05, 4.69) is 0 Å². The number of rotatable bonds is 5. The molecule has 2 rings (SSSR count). The second kappa shape index (κ2) is 4.73. The number of hydrogen-bond donors (Lipinski definition) is 0. The van der Waals surface area contributed by atoms with Gasteiger partial charge in [-0.2, -0.15) is 0 Å². The van der Waals surface area contributed by atoms with Crippen LogP contribution < -0.4 is 0 Å². The number of hydrogen-bond acceptors (Lipinski definition) is 1. The van der Waals surface area contributed by atoms with E-state index in [1.807, 2.05) is 0 Å². The van der Waals surface area contributed by atoms with Gasteiger partial charge in [-0.15, -0.1) is 0 Å². The van der Waals surface area contributed by atoms with Crippen LogP contribution in [0.15, 0.2) is 18.2 Å². The molecule has 1 aromatic carbocycles. The predicted molar refractivity (Wildman–Crippen MR) is 57.0 cm³/mol. The lowest BCUT2D eigenvalue weighted by Crippen LogP contribution is -2.01. The Hall–Kier alpha value is -1.25. The molecule has 0 spiro atoms. The number of halogens is 2. The van der Waals surface area contributed by atoms with Crippen molar-refractivity contribution in [3.63, 3.8) is 0 Å². The van der Waals surface area contributed by atoms with Gasteiger partial charge in [-0.3, -0.25) is 4.79 Å². The first-order chi connectivity index (χ1) is 7.66. The fourth-order valence-corrected chi connectivity index (χ4v) is 1.77. The van der Waals surface area contributed by atoms with Gasteiger partial charge in [0.25, 0.3) is 0 Å². The summed E-state index contributed by atoms with van der Waals surface area (Å²) < 4.78 is 25.5. The van der Waals surface area contributed by atoms with Crippen LogP contribution in [0.1, 0.15) is 31.2 Å². The SMILES string of the molecule is O=C(CCCc1ccc(F)c(F)c1)C1CC1. The number of carbonyl (C=O) groups is 1. The summed E-state index contributed by atoms with van der Waals surface area (Å²) in [4.78, 5) is 11.4. The number of aryl methyl sites for hydroxylation is 1. The standard InChI is InChI=1S/C13H14F2O/c14-11-7-4-9(8-12(11)15)2-1-3-13(16)10-5-6-10/h4,7-8,10H,1-3,5-6H2. The largest absolute Gasteiger partial charge is 0.299 e. The molecule has 0 unspecified atom stereocenters. The molecular formula is C13H14F2O. The molecule has 1 aliphatic rings. The van der Waals surface area contributed by atoms with E-state index in [1.54, 1.807) is 6.07 Å². The molecule has 1 fully saturated rings. The van der Waals surface area contributed by atoms with Crippen LogP contribution in [-0.2, 0) is 11.2 Å². The van der Waals surface area contributed by atoms with Crippen molar-refractivity contribution in [2.24, 2.45) is 5.92 Å². The highest BCUT2D eigenvalue weighted by atomic mass is 19.2. The molecule has 1 nitrogen and oxygen atoms in total. The molecule has 86 valence electrons. The fraction of sp³-hybridized carbons (Fsp3) is 0.462. The molecular weight excluding hydrogens is 210 g/mol. The maximum absolute atomic E-state index is 12.9. The summed E-state index contributed by atoms with van der Waals surface area (Å²) in [6, 6.07) is 3.91. The number of ketones is 1. The van der Waals surface area contributed by atoms with E-state index in [4.69, 9.17) is 0 Å². The van der Waals surface area contributed by atoms with Crippen molar-refractivity contribution in [3.05, 3.63) is 35.4 Å². The monoisotopic (exact) mass is 224 g/mol. The van der Waals surface area contributed by atoms with Crippen molar-refractivity contribution < 1.29 is 13.6 Å². The van der Waals surface area contributed by atoms with Gasteiger partial charge in [-0.25, -0.2) is 8.78 Å². The normalized spacial score (nSPS) is 15.1. The minimum absolute atomic E-state index is 0.296. The zero-order valence-corrected chi connectivity index (χ0v) is 9.01. The molecule has 0 saturated heterocycles. The lowest BCUT2D eigenvalue weighted by atomic mass is 10.0. The number of carbonyl (C=O) groups excluding carboxylic acids is 1. The van der Waals surface area contributed by atoms with Crippen LogP contribution in [0.3, 0.4) is 0 Å². The summed E-state index contributed by atoms with van der Waals surface area (Å²) in [7, 11) is 0. The van der Waals surface area contributed by atoms with Crippen LogP contribution >= 0.6 is 0 Å². The van der Waals surface area contributed by atoms with Gasteiger partial charge in [0.05, 0.1) is 0 Å². The van der Waals surface area contributed by atoms with Gasteiger partial charge < -0.3 is 0 Å². The Morgan fingerprint density at radius 2 is 2.00 bits per heavy atom. The molecule has 1 aliphatic carbocycles. The van der Waals surface area contributed by atoms with Crippen LogP contribution in [0.2, 0.25) is 0 Å². The van der Waals surface area contributed by atoms with E-state index >= 15 is 0 Å². The lowest BCUT2D eigenvalue weighted by molar-refractivity contribution is -0.120. The molecule has 1 saturated carbocycles. The number of Topliss-reactive ketones (excluding diaryl/α,β-unsaturated/α-hetero) is 1. The highest BCUT2D eigenvalue weighted by molar-refractivity contribution is 5.83. The maximum Gasteiger partial charge on any atom is 0.159 e. The van der Waals surface area contributed by atoms with Crippen LogP contribution in [-0.4, -0.2) is 5.78 Å². The topological polar surface area (TPSA) is 17.1 Å². The van der Waals surface area contributed by atoms with Crippen molar-refractivity contribution in [1.82, 2.24) is 0 Å². The molecule has 0 amide bonds. The molecule has 0 atom stereocenters. The summed E-state index contributed by atoms with van der Waals surface area (Å²) in [5.41, 5.74) is 0.752. The molecule has 0 heterocycles. The van der Waals surface area contributed by atoms with Crippen molar-refractivity contribution in [2.75, 3.05) is 0 Å². The van der Waals surface area contributed by atoms with Gasteiger partial charge in [0.2, 0.25) is 0 Å². The van der Waals surface area contributed by atoms with E-state index < -0.39 is 11.6 Å². The summed E-state index contributed by atoms with van der Waals surface area (Å²) in [6.45, 7) is 0. The first-order valence-corrected chi connectivity index (χ1v) is 5.63. The third-order valence-electron chi connectivity index (χ3n) is 2.91. The zero-order chi connectivity index (χ0) is 11.5. The molecule has 0 radical (unpaired) electrons. The highest BCUT2D eigenvalue weighted by Gasteiger charge is 2.28. The Morgan fingerprint density at radius 1 is 1.25 bits per heavy atom.